The number of anilines is 2. The van der Waals surface area contributed by atoms with Gasteiger partial charge in [-0.2, -0.15) is 0 Å². The molecule has 0 saturated carbocycles. The average molecular weight is 426 g/mol. The molecule has 2 aromatic carbocycles. The van der Waals surface area contributed by atoms with Gasteiger partial charge in [-0.25, -0.2) is 9.18 Å². The number of para-hydroxylation sites is 1. The molecule has 0 bridgehead atoms. The van der Waals surface area contributed by atoms with Crippen molar-refractivity contribution < 1.29 is 23.5 Å². The molecule has 0 aliphatic rings. The summed E-state index contributed by atoms with van der Waals surface area (Å²) in [6.07, 6.45) is 0. The van der Waals surface area contributed by atoms with Crippen LogP contribution in [0.25, 0.3) is 0 Å². The Morgan fingerprint density at radius 2 is 1.63 bits per heavy atom. The van der Waals surface area contributed by atoms with Crippen LogP contribution < -0.4 is 10.6 Å². The average Bonchev–Trinajstić information content (AvgIpc) is 3.05. The van der Waals surface area contributed by atoms with Crippen LogP contribution >= 0.6 is 11.3 Å². The minimum Gasteiger partial charge on any atom is -0.462 e. The van der Waals surface area contributed by atoms with E-state index in [0.717, 1.165) is 11.3 Å². The van der Waals surface area contributed by atoms with Crippen molar-refractivity contribution in [1.29, 1.82) is 0 Å². The Balaban J connectivity index is 1.96. The largest absolute Gasteiger partial charge is 0.462 e. The third-order valence-electron chi connectivity index (χ3n) is 4.20. The summed E-state index contributed by atoms with van der Waals surface area (Å²) in [5.74, 6) is -2.04. The topological polar surface area (TPSA) is 84.5 Å². The van der Waals surface area contributed by atoms with Gasteiger partial charge in [-0.1, -0.05) is 18.2 Å². The van der Waals surface area contributed by atoms with Crippen LogP contribution in [0.4, 0.5) is 15.1 Å². The molecule has 0 radical (unpaired) electrons. The SMILES string of the molecule is CCOC(=O)c1sc(NC(=O)c2ccc(F)cc2)c(C(=O)Nc2ccccc2)c1C. The van der Waals surface area contributed by atoms with Gasteiger partial charge in [0.2, 0.25) is 0 Å². The first-order valence-electron chi connectivity index (χ1n) is 9.14. The molecular weight excluding hydrogens is 407 g/mol. The van der Waals surface area contributed by atoms with Crippen molar-refractivity contribution in [3.8, 4) is 0 Å². The van der Waals surface area contributed by atoms with E-state index >= 15 is 0 Å². The predicted octanol–water partition coefficient (Wildman–Crippen LogP) is 4.88. The number of nitrogens with one attached hydrogen (secondary N) is 2. The normalized spacial score (nSPS) is 10.4. The molecule has 0 aliphatic carbocycles. The monoisotopic (exact) mass is 426 g/mol. The van der Waals surface area contributed by atoms with Crippen LogP contribution in [-0.2, 0) is 4.74 Å². The zero-order chi connectivity index (χ0) is 21.7. The summed E-state index contributed by atoms with van der Waals surface area (Å²) in [7, 11) is 0. The zero-order valence-corrected chi connectivity index (χ0v) is 17.1. The number of hydrogen-bond acceptors (Lipinski definition) is 5. The van der Waals surface area contributed by atoms with E-state index in [2.05, 4.69) is 10.6 Å². The Morgan fingerprint density at radius 3 is 2.27 bits per heavy atom. The number of carbonyl (C=O) groups is 3. The molecule has 8 heteroatoms. The Bertz CT molecular complexity index is 1080. The molecule has 2 N–H and O–H groups in total. The maximum absolute atomic E-state index is 13.1. The highest BCUT2D eigenvalue weighted by molar-refractivity contribution is 7.18. The highest BCUT2D eigenvalue weighted by Crippen LogP contribution is 2.34. The molecule has 6 nitrogen and oxygen atoms in total. The molecule has 0 unspecified atom stereocenters. The van der Waals surface area contributed by atoms with Gasteiger partial charge in [-0.05, 0) is 55.8 Å². The van der Waals surface area contributed by atoms with Crippen molar-refractivity contribution in [1.82, 2.24) is 0 Å². The molecular formula is C22H19FN2O4S. The van der Waals surface area contributed by atoms with E-state index in [1.807, 2.05) is 6.07 Å². The smallest absolute Gasteiger partial charge is 0.348 e. The van der Waals surface area contributed by atoms with Gasteiger partial charge in [0.05, 0.1) is 12.2 Å². The third-order valence-corrected chi connectivity index (χ3v) is 5.39. The molecule has 3 rings (SSSR count). The number of hydrogen-bond donors (Lipinski definition) is 2. The van der Waals surface area contributed by atoms with E-state index in [0.29, 0.717) is 11.3 Å². The molecule has 0 fully saturated rings. The molecule has 2 amide bonds. The molecule has 1 aromatic heterocycles. The van der Waals surface area contributed by atoms with E-state index in [1.54, 1.807) is 38.1 Å². The summed E-state index contributed by atoms with van der Waals surface area (Å²) < 4.78 is 18.2. The van der Waals surface area contributed by atoms with Gasteiger partial charge in [0, 0.05) is 11.3 Å². The summed E-state index contributed by atoms with van der Waals surface area (Å²) >= 11 is 0.958. The predicted molar refractivity (Wildman–Crippen MR) is 114 cm³/mol. The second-order valence-corrected chi connectivity index (χ2v) is 7.28. The van der Waals surface area contributed by atoms with Crippen LogP contribution in [0, 0.1) is 12.7 Å². The fourth-order valence-electron chi connectivity index (χ4n) is 2.76. The number of carbonyl (C=O) groups excluding carboxylic acids is 3. The molecule has 3 aromatic rings. The fraction of sp³-hybridized carbons (Fsp3) is 0.136. The maximum atomic E-state index is 13.1. The van der Waals surface area contributed by atoms with Gasteiger partial charge >= 0.3 is 5.97 Å². The fourth-order valence-corrected chi connectivity index (χ4v) is 3.85. The van der Waals surface area contributed by atoms with Gasteiger partial charge in [0.1, 0.15) is 15.7 Å². The molecule has 1 heterocycles. The Kier molecular flexibility index (Phi) is 6.58. The van der Waals surface area contributed by atoms with Gasteiger partial charge in [-0.15, -0.1) is 11.3 Å². The molecule has 154 valence electrons. The quantitative estimate of drug-likeness (QED) is 0.551. The van der Waals surface area contributed by atoms with Crippen LogP contribution in [0.2, 0.25) is 0 Å². The number of thiophene rings is 1. The van der Waals surface area contributed by atoms with Crippen molar-refractivity contribution in [2.75, 3.05) is 17.2 Å². The number of halogens is 1. The lowest BCUT2D eigenvalue weighted by Gasteiger charge is -2.09. The lowest BCUT2D eigenvalue weighted by atomic mass is 10.1. The van der Waals surface area contributed by atoms with Gasteiger partial charge in [0.15, 0.2) is 0 Å². The Labute approximate surface area is 176 Å². The van der Waals surface area contributed by atoms with Crippen molar-refractivity contribution in [3.63, 3.8) is 0 Å². The maximum Gasteiger partial charge on any atom is 0.348 e. The van der Waals surface area contributed by atoms with Crippen molar-refractivity contribution >= 4 is 39.8 Å². The van der Waals surface area contributed by atoms with Crippen LogP contribution in [0.15, 0.2) is 54.6 Å². The lowest BCUT2D eigenvalue weighted by Crippen LogP contribution is -2.17. The number of ether oxygens (including phenoxy) is 1. The Hall–Kier alpha value is -3.52. The first-order chi connectivity index (χ1) is 14.4. The summed E-state index contributed by atoms with van der Waals surface area (Å²) in [6, 6.07) is 13.8. The second-order valence-electron chi connectivity index (χ2n) is 6.26. The summed E-state index contributed by atoms with van der Waals surface area (Å²) in [5, 5.41) is 5.63. The second kappa shape index (κ2) is 9.32. The first kappa shape index (κ1) is 21.2. The highest BCUT2D eigenvalue weighted by Gasteiger charge is 2.26. The molecule has 0 atom stereocenters. The van der Waals surface area contributed by atoms with E-state index in [9.17, 15) is 18.8 Å². The third kappa shape index (κ3) is 4.72. The van der Waals surface area contributed by atoms with Crippen LogP contribution in [0.1, 0.15) is 42.9 Å². The van der Waals surface area contributed by atoms with Gasteiger partial charge in [-0.3, -0.25) is 9.59 Å². The lowest BCUT2D eigenvalue weighted by molar-refractivity contribution is 0.0531. The summed E-state index contributed by atoms with van der Waals surface area (Å²) in [4.78, 5) is 38.1. The van der Waals surface area contributed by atoms with Crippen molar-refractivity contribution in [3.05, 3.63) is 82.0 Å². The molecule has 30 heavy (non-hydrogen) atoms. The van der Waals surface area contributed by atoms with Crippen molar-refractivity contribution in [2.24, 2.45) is 0 Å². The van der Waals surface area contributed by atoms with Crippen LogP contribution in [0.3, 0.4) is 0 Å². The minimum absolute atomic E-state index is 0.169. The van der Waals surface area contributed by atoms with E-state index in [1.165, 1.54) is 24.3 Å². The number of rotatable bonds is 6. The first-order valence-corrected chi connectivity index (χ1v) is 9.96. The van der Waals surface area contributed by atoms with Crippen LogP contribution in [-0.4, -0.2) is 24.4 Å². The van der Waals surface area contributed by atoms with Gasteiger partial charge in [0.25, 0.3) is 11.8 Å². The van der Waals surface area contributed by atoms with E-state index < -0.39 is 23.6 Å². The highest BCUT2D eigenvalue weighted by atomic mass is 32.1. The van der Waals surface area contributed by atoms with Crippen LogP contribution in [0.5, 0.6) is 0 Å². The summed E-state index contributed by atoms with van der Waals surface area (Å²) in [5.41, 5.74) is 1.36. The number of amides is 2. The van der Waals surface area contributed by atoms with E-state index in [-0.39, 0.29) is 27.6 Å². The van der Waals surface area contributed by atoms with Gasteiger partial charge < -0.3 is 15.4 Å². The molecule has 0 spiro atoms. The summed E-state index contributed by atoms with van der Waals surface area (Å²) in [6.45, 7) is 3.48. The Morgan fingerprint density at radius 1 is 0.967 bits per heavy atom. The zero-order valence-electron chi connectivity index (χ0n) is 16.3. The number of esters is 1. The molecule has 0 saturated heterocycles. The van der Waals surface area contributed by atoms with Crippen molar-refractivity contribution in [2.45, 2.75) is 13.8 Å². The molecule has 0 aliphatic heterocycles. The minimum atomic E-state index is -0.573. The standard InChI is InChI=1S/C22H19FN2O4S/c1-3-29-22(28)18-13(2)17(20(27)24-16-7-5-4-6-8-16)21(30-18)25-19(26)14-9-11-15(23)12-10-14/h4-12H,3H2,1-2H3,(H,24,27)(H,25,26). The van der Waals surface area contributed by atoms with E-state index in [4.69, 9.17) is 4.74 Å². The number of benzene rings is 2.